The molecule has 0 amide bonds. The molecule has 0 aliphatic heterocycles. The zero-order chi connectivity index (χ0) is 15.8. The first-order valence-electron chi connectivity index (χ1n) is 7.78. The molecule has 0 bridgehead atoms. The standard InChI is InChI=1S/C17H16ClN5/c18-13-5-3-4-11(8-13)15-17(21-14-6-1-2-7-14)23-16(22-15)12(9-19)10-20-23/h3-5,8,10,14,20-21H,1-2,6-7H2. The number of nitriles is 1. The number of benzene rings is 1. The lowest BCUT2D eigenvalue weighted by Gasteiger charge is -2.14. The van der Waals surface area contributed by atoms with Gasteiger partial charge in [-0.2, -0.15) is 5.26 Å². The molecule has 5 nitrogen and oxygen atoms in total. The molecule has 0 saturated heterocycles. The van der Waals surface area contributed by atoms with Crippen LogP contribution in [0.1, 0.15) is 31.2 Å². The van der Waals surface area contributed by atoms with Crippen LogP contribution in [0.3, 0.4) is 0 Å². The molecule has 6 heteroatoms. The van der Waals surface area contributed by atoms with E-state index in [4.69, 9.17) is 11.6 Å². The van der Waals surface area contributed by atoms with Crippen molar-refractivity contribution in [1.82, 2.24) is 14.6 Å². The normalized spacial score (nSPS) is 15.1. The first kappa shape index (κ1) is 14.2. The molecule has 1 aromatic carbocycles. The molecule has 0 spiro atoms. The first-order chi connectivity index (χ1) is 11.3. The van der Waals surface area contributed by atoms with Crippen molar-refractivity contribution in [1.29, 1.82) is 5.26 Å². The van der Waals surface area contributed by atoms with E-state index < -0.39 is 0 Å². The van der Waals surface area contributed by atoms with Gasteiger partial charge in [0.1, 0.15) is 17.3 Å². The van der Waals surface area contributed by atoms with Gasteiger partial charge in [-0.1, -0.05) is 36.6 Å². The average molecular weight is 326 g/mol. The van der Waals surface area contributed by atoms with E-state index in [1.54, 1.807) is 6.20 Å². The molecule has 23 heavy (non-hydrogen) atoms. The predicted octanol–water partition coefficient (Wildman–Crippen LogP) is 4.21. The Balaban J connectivity index is 1.87. The number of hydrogen-bond donors (Lipinski definition) is 2. The number of H-pyrrole nitrogens is 1. The number of nitrogens with one attached hydrogen (secondary N) is 2. The van der Waals surface area contributed by atoms with Crippen molar-refractivity contribution < 1.29 is 0 Å². The van der Waals surface area contributed by atoms with Gasteiger partial charge in [0.25, 0.3) is 0 Å². The zero-order valence-electron chi connectivity index (χ0n) is 12.5. The van der Waals surface area contributed by atoms with Crippen LogP contribution in [0.4, 0.5) is 5.82 Å². The molecule has 2 N–H and O–H groups in total. The van der Waals surface area contributed by atoms with E-state index >= 15 is 0 Å². The lowest BCUT2D eigenvalue weighted by Crippen LogP contribution is -2.16. The molecule has 116 valence electrons. The maximum atomic E-state index is 9.26. The maximum absolute atomic E-state index is 9.26. The third kappa shape index (κ3) is 2.45. The second kappa shape index (κ2) is 5.64. The quantitative estimate of drug-likeness (QED) is 0.758. The van der Waals surface area contributed by atoms with Gasteiger partial charge in [-0.3, -0.25) is 5.10 Å². The van der Waals surface area contributed by atoms with Crippen LogP contribution in [-0.4, -0.2) is 20.6 Å². The molecular formula is C17H16ClN5. The highest BCUT2D eigenvalue weighted by molar-refractivity contribution is 6.30. The Morgan fingerprint density at radius 1 is 1.35 bits per heavy atom. The highest BCUT2D eigenvalue weighted by Gasteiger charge is 2.22. The van der Waals surface area contributed by atoms with Crippen molar-refractivity contribution in [2.75, 3.05) is 5.32 Å². The summed E-state index contributed by atoms with van der Waals surface area (Å²) in [5, 5.41) is 16.7. The highest BCUT2D eigenvalue weighted by atomic mass is 35.5. The fraction of sp³-hybridized carbons (Fsp3) is 0.294. The molecular weight excluding hydrogens is 310 g/mol. The van der Waals surface area contributed by atoms with Gasteiger partial charge in [-0.05, 0) is 25.0 Å². The Morgan fingerprint density at radius 3 is 2.91 bits per heavy atom. The third-order valence-corrected chi connectivity index (χ3v) is 4.61. The van der Waals surface area contributed by atoms with Gasteiger partial charge in [0, 0.05) is 22.8 Å². The van der Waals surface area contributed by atoms with Gasteiger partial charge in [-0.25, -0.2) is 9.50 Å². The van der Waals surface area contributed by atoms with Crippen LogP contribution in [0, 0.1) is 11.3 Å². The van der Waals surface area contributed by atoms with Crippen molar-refractivity contribution in [2.24, 2.45) is 0 Å². The number of aromatic amines is 1. The number of hydrogen-bond acceptors (Lipinski definition) is 3. The van der Waals surface area contributed by atoms with Crippen molar-refractivity contribution in [3.8, 4) is 17.3 Å². The molecule has 0 unspecified atom stereocenters. The minimum atomic E-state index is 0.446. The van der Waals surface area contributed by atoms with Crippen LogP contribution in [0.25, 0.3) is 16.9 Å². The van der Waals surface area contributed by atoms with Crippen LogP contribution in [0.2, 0.25) is 5.02 Å². The van der Waals surface area contributed by atoms with E-state index in [0.29, 0.717) is 22.3 Å². The van der Waals surface area contributed by atoms with E-state index in [1.807, 2.05) is 28.8 Å². The van der Waals surface area contributed by atoms with Gasteiger partial charge in [0.05, 0.1) is 0 Å². The summed E-state index contributed by atoms with van der Waals surface area (Å²) in [6.07, 6.45) is 6.51. The van der Waals surface area contributed by atoms with E-state index in [9.17, 15) is 5.26 Å². The van der Waals surface area contributed by atoms with Crippen molar-refractivity contribution >= 4 is 23.1 Å². The Labute approximate surface area is 138 Å². The zero-order valence-corrected chi connectivity index (χ0v) is 13.3. The number of nitrogens with zero attached hydrogens (tertiary/aromatic N) is 3. The van der Waals surface area contributed by atoms with Gasteiger partial charge in [0.2, 0.25) is 0 Å². The van der Waals surface area contributed by atoms with E-state index in [-0.39, 0.29) is 0 Å². The second-order valence-electron chi connectivity index (χ2n) is 5.90. The molecule has 2 aromatic heterocycles. The minimum absolute atomic E-state index is 0.446. The summed E-state index contributed by atoms with van der Waals surface area (Å²) in [5.74, 6) is 0.899. The number of halogens is 1. The highest BCUT2D eigenvalue weighted by Crippen LogP contribution is 2.33. The van der Waals surface area contributed by atoms with Crippen molar-refractivity contribution in [3.05, 3.63) is 41.0 Å². The third-order valence-electron chi connectivity index (χ3n) is 4.37. The summed E-state index contributed by atoms with van der Waals surface area (Å²) >= 11 is 6.13. The maximum Gasteiger partial charge on any atom is 0.173 e. The molecule has 1 aliphatic carbocycles. The fourth-order valence-corrected chi connectivity index (χ4v) is 3.43. The summed E-state index contributed by atoms with van der Waals surface area (Å²) in [5.41, 5.74) is 2.94. The first-order valence-corrected chi connectivity index (χ1v) is 8.16. The molecule has 0 radical (unpaired) electrons. The van der Waals surface area contributed by atoms with Gasteiger partial charge in [0.15, 0.2) is 11.5 Å². The van der Waals surface area contributed by atoms with Crippen molar-refractivity contribution in [3.63, 3.8) is 0 Å². The Hall–Kier alpha value is -2.45. The fourth-order valence-electron chi connectivity index (χ4n) is 3.24. The Kier molecular flexibility index (Phi) is 3.47. The van der Waals surface area contributed by atoms with Crippen LogP contribution in [0.15, 0.2) is 30.5 Å². The molecule has 1 fully saturated rings. The summed E-state index contributed by atoms with van der Waals surface area (Å²) in [4.78, 5) is 4.68. The lowest BCUT2D eigenvalue weighted by atomic mass is 10.1. The summed E-state index contributed by atoms with van der Waals surface area (Å²) in [6.45, 7) is 0. The number of imidazole rings is 1. The monoisotopic (exact) mass is 325 g/mol. The molecule has 0 atom stereocenters. The molecule has 4 rings (SSSR count). The van der Waals surface area contributed by atoms with Crippen LogP contribution in [-0.2, 0) is 0 Å². The van der Waals surface area contributed by atoms with Crippen molar-refractivity contribution in [2.45, 2.75) is 31.7 Å². The van der Waals surface area contributed by atoms with Crippen LogP contribution < -0.4 is 5.32 Å². The molecule has 1 aliphatic rings. The summed E-state index contributed by atoms with van der Waals surface area (Å²) in [6, 6.07) is 10.3. The van der Waals surface area contributed by atoms with E-state index in [2.05, 4.69) is 21.5 Å². The molecule has 3 aromatic rings. The van der Waals surface area contributed by atoms with Crippen LogP contribution in [0.5, 0.6) is 0 Å². The average Bonchev–Trinajstić information content (AvgIpc) is 3.25. The van der Waals surface area contributed by atoms with Crippen LogP contribution >= 0.6 is 11.6 Å². The molecule has 2 heterocycles. The number of aromatic nitrogens is 3. The Bertz CT molecular complexity index is 895. The lowest BCUT2D eigenvalue weighted by molar-refractivity contribution is 0.744. The number of rotatable bonds is 3. The van der Waals surface area contributed by atoms with Gasteiger partial charge >= 0.3 is 0 Å². The largest absolute Gasteiger partial charge is 0.365 e. The number of fused-ring (bicyclic) bond motifs is 1. The SMILES string of the molecule is N#Cc1c[nH]n2c(NC3CCCC3)c(-c3cccc(Cl)c3)nc12. The topological polar surface area (TPSA) is 68.9 Å². The smallest absolute Gasteiger partial charge is 0.173 e. The summed E-state index contributed by atoms with van der Waals surface area (Å²) in [7, 11) is 0. The molecule has 1 saturated carbocycles. The second-order valence-corrected chi connectivity index (χ2v) is 6.34. The number of anilines is 1. The Morgan fingerprint density at radius 2 is 2.17 bits per heavy atom. The van der Waals surface area contributed by atoms with E-state index in [0.717, 1.165) is 29.9 Å². The predicted molar refractivity (Wildman–Crippen MR) is 90.6 cm³/mol. The van der Waals surface area contributed by atoms with E-state index in [1.165, 1.54) is 12.8 Å². The van der Waals surface area contributed by atoms with Gasteiger partial charge < -0.3 is 5.32 Å². The summed E-state index contributed by atoms with van der Waals surface area (Å²) < 4.78 is 1.85. The minimum Gasteiger partial charge on any atom is -0.365 e. The van der Waals surface area contributed by atoms with Gasteiger partial charge in [-0.15, -0.1) is 0 Å².